The lowest BCUT2D eigenvalue weighted by Gasteiger charge is -2.28. The minimum Gasteiger partial charge on any atom is -0.488 e. The quantitative estimate of drug-likeness (QED) is 0.253. The van der Waals surface area contributed by atoms with Crippen molar-refractivity contribution in [3.8, 4) is 5.75 Å². The van der Waals surface area contributed by atoms with Crippen LogP contribution in [0.1, 0.15) is 39.2 Å². The lowest BCUT2D eigenvalue weighted by atomic mass is 10.1. The van der Waals surface area contributed by atoms with Gasteiger partial charge in [0.15, 0.2) is 6.10 Å². The second-order valence-corrected chi connectivity index (χ2v) is 9.52. The Labute approximate surface area is 186 Å². The van der Waals surface area contributed by atoms with E-state index < -0.39 is 51.6 Å². The Morgan fingerprint density at radius 2 is 1.48 bits per heavy atom. The first-order valence-electron chi connectivity index (χ1n) is 9.36. The van der Waals surface area contributed by atoms with Gasteiger partial charge in [0, 0.05) is 0 Å². The molecule has 0 aromatic heterocycles. The predicted molar refractivity (Wildman–Crippen MR) is 102 cm³/mol. The van der Waals surface area contributed by atoms with E-state index >= 15 is 0 Å². The molecule has 0 aliphatic carbocycles. The van der Waals surface area contributed by atoms with Crippen molar-refractivity contribution in [3.63, 3.8) is 0 Å². The number of carbonyl (C=O) groups excluding carboxylic acids is 1. The maximum atomic E-state index is 13.6. The van der Waals surface area contributed by atoms with E-state index in [2.05, 4.69) is 8.92 Å². The Balaban J connectivity index is 2.92. The number of esters is 1. The Hall–Kier alpha value is -2.09. The zero-order valence-electron chi connectivity index (χ0n) is 18.0. The molecular formula is C19H23F7O6S. The van der Waals surface area contributed by atoms with Gasteiger partial charge in [-0.05, 0) is 57.7 Å². The Morgan fingerprint density at radius 3 is 1.91 bits per heavy atom. The van der Waals surface area contributed by atoms with Crippen LogP contribution in [0.25, 0.3) is 0 Å². The molecule has 0 fully saturated rings. The molecule has 1 unspecified atom stereocenters. The standard InChI is InChI=1S/C19H23F7O6S/c1-16(2,3)31-13-10-8-12(9-11-13)6-5-7-14(15(27)30-4)32-33(28,29)19(25,26)17(20,21)18(22,23)24/h8-11,14H,5-7H2,1-4H3. The third-order valence-electron chi connectivity index (χ3n) is 4.02. The van der Waals surface area contributed by atoms with E-state index in [-0.39, 0.29) is 12.8 Å². The first-order valence-corrected chi connectivity index (χ1v) is 10.8. The number of alkyl halides is 7. The number of benzene rings is 1. The van der Waals surface area contributed by atoms with Gasteiger partial charge in [-0.15, -0.1) is 0 Å². The monoisotopic (exact) mass is 512 g/mol. The molecule has 0 aliphatic rings. The molecule has 0 saturated carbocycles. The Morgan fingerprint density at radius 1 is 0.970 bits per heavy atom. The van der Waals surface area contributed by atoms with Gasteiger partial charge >= 0.3 is 33.4 Å². The lowest BCUT2D eigenvalue weighted by Crippen LogP contribution is -2.57. The second-order valence-electron chi connectivity index (χ2n) is 7.90. The molecule has 0 aliphatic heterocycles. The van der Waals surface area contributed by atoms with Gasteiger partial charge in [-0.3, -0.25) is 4.18 Å². The summed E-state index contributed by atoms with van der Waals surface area (Å²) in [7, 11) is -6.17. The number of rotatable bonds is 10. The van der Waals surface area contributed by atoms with Crippen molar-refractivity contribution < 1.29 is 57.6 Å². The molecule has 1 aromatic rings. The van der Waals surface area contributed by atoms with Crippen molar-refractivity contribution in [2.75, 3.05) is 7.11 Å². The zero-order valence-corrected chi connectivity index (χ0v) is 18.8. The summed E-state index contributed by atoms with van der Waals surface area (Å²) in [6.45, 7) is 5.49. The third kappa shape index (κ3) is 7.19. The molecule has 1 aromatic carbocycles. The smallest absolute Gasteiger partial charge is 0.461 e. The van der Waals surface area contributed by atoms with Crippen LogP contribution < -0.4 is 4.74 Å². The lowest BCUT2D eigenvalue weighted by molar-refractivity contribution is -0.333. The highest BCUT2D eigenvalue weighted by atomic mass is 32.2. The molecule has 0 radical (unpaired) electrons. The van der Waals surface area contributed by atoms with Gasteiger partial charge in [0.05, 0.1) is 7.11 Å². The highest BCUT2D eigenvalue weighted by Crippen LogP contribution is 2.49. The number of aryl methyl sites for hydroxylation is 1. The summed E-state index contributed by atoms with van der Waals surface area (Å²) >= 11 is 0. The van der Waals surface area contributed by atoms with E-state index in [1.807, 2.05) is 20.8 Å². The second kappa shape index (κ2) is 10.0. The molecule has 0 bridgehead atoms. The van der Waals surface area contributed by atoms with Crippen LogP contribution in [0.15, 0.2) is 24.3 Å². The Bertz CT molecular complexity index is 906. The number of hydrogen-bond acceptors (Lipinski definition) is 6. The molecule has 1 atom stereocenters. The van der Waals surface area contributed by atoms with Gasteiger partial charge < -0.3 is 9.47 Å². The molecule has 0 N–H and O–H groups in total. The van der Waals surface area contributed by atoms with Gasteiger partial charge in [0.25, 0.3) is 0 Å². The molecule has 14 heteroatoms. The minimum absolute atomic E-state index is 0.0873. The summed E-state index contributed by atoms with van der Waals surface area (Å²) in [6, 6.07) is 6.51. The van der Waals surface area contributed by atoms with Gasteiger partial charge in [0.2, 0.25) is 0 Å². The normalized spacial score (nSPS) is 14.6. The van der Waals surface area contributed by atoms with E-state index in [4.69, 9.17) is 4.74 Å². The van der Waals surface area contributed by atoms with Gasteiger partial charge in [-0.1, -0.05) is 12.1 Å². The van der Waals surface area contributed by atoms with E-state index in [1.165, 1.54) is 0 Å². The minimum atomic E-state index is -6.96. The summed E-state index contributed by atoms with van der Waals surface area (Å²) in [5.74, 6) is -7.96. The molecular weight excluding hydrogens is 489 g/mol. The van der Waals surface area contributed by atoms with E-state index in [9.17, 15) is 43.9 Å². The highest BCUT2D eigenvalue weighted by Gasteiger charge is 2.79. The number of hydrogen-bond donors (Lipinski definition) is 0. The van der Waals surface area contributed by atoms with Gasteiger partial charge in [0.1, 0.15) is 11.4 Å². The van der Waals surface area contributed by atoms with Gasteiger partial charge in [-0.2, -0.15) is 39.2 Å². The van der Waals surface area contributed by atoms with Crippen LogP contribution in [0.3, 0.4) is 0 Å². The van der Waals surface area contributed by atoms with E-state index in [0.29, 0.717) is 11.3 Å². The summed E-state index contributed by atoms with van der Waals surface area (Å²) in [4.78, 5) is 11.7. The SMILES string of the molecule is COC(=O)C(CCCc1ccc(OC(C)(C)C)cc1)OS(=O)(=O)C(F)(F)C(F)(F)C(F)(F)F. The molecule has 190 valence electrons. The van der Waals surface area contributed by atoms with Crippen LogP contribution in [0.4, 0.5) is 30.7 Å². The molecule has 6 nitrogen and oxygen atoms in total. The fourth-order valence-corrected chi connectivity index (χ4v) is 3.47. The Kier molecular flexibility index (Phi) is 8.80. The molecule has 0 spiro atoms. The maximum Gasteiger partial charge on any atom is 0.461 e. The maximum absolute atomic E-state index is 13.6. The summed E-state index contributed by atoms with van der Waals surface area (Å²) in [5.41, 5.74) is 0.194. The third-order valence-corrected chi connectivity index (χ3v) is 5.39. The van der Waals surface area contributed by atoms with Crippen LogP contribution in [-0.2, 0) is 30.3 Å². The fraction of sp³-hybridized carbons (Fsp3) is 0.632. The average molecular weight is 512 g/mol. The number of ether oxygens (including phenoxy) is 2. The zero-order chi connectivity index (χ0) is 25.9. The topological polar surface area (TPSA) is 78.9 Å². The number of methoxy groups -OCH3 is 1. The summed E-state index contributed by atoms with van der Waals surface area (Å²) in [6.07, 6.45) is -9.81. The average Bonchev–Trinajstić information content (AvgIpc) is 2.65. The number of halogens is 7. The van der Waals surface area contributed by atoms with E-state index in [0.717, 1.165) is 7.11 Å². The predicted octanol–water partition coefficient (Wildman–Crippen LogP) is 4.87. The number of carbonyl (C=O) groups is 1. The van der Waals surface area contributed by atoms with Crippen LogP contribution in [0.2, 0.25) is 0 Å². The van der Waals surface area contributed by atoms with E-state index in [1.54, 1.807) is 24.3 Å². The first kappa shape index (κ1) is 28.9. The molecule has 33 heavy (non-hydrogen) atoms. The van der Waals surface area contributed by atoms with Crippen molar-refractivity contribution in [3.05, 3.63) is 29.8 Å². The van der Waals surface area contributed by atoms with Crippen molar-refractivity contribution in [1.29, 1.82) is 0 Å². The van der Waals surface area contributed by atoms with Crippen molar-refractivity contribution in [1.82, 2.24) is 0 Å². The van der Waals surface area contributed by atoms with Crippen molar-refractivity contribution in [2.45, 2.75) is 69.1 Å². The fourth-order valence-electron chi connectivity index (χ4n) is 2.44. The van der Waals surface area contributed by atoms with Crippen LogP contribution in [-0.4, -0.2) is 50.6 Å². The molecule has 0 amide bonds. The summed E-state index contributed by atoms with van der Waals surface area (Å²) in [5, 5.41) is -6.69. The largest absolute Gasteiger partial charge is 0.488 e. The molecule has 0 saturated heterocycles. The first-order chi connectivity index (χ1) is 14.7. The van der Waals surface area contributed by atoms with Crippen LogP contribution >= 0.6 is 0 Å². The molecule has 0 heterocycles. The van der Waals surface area contributed by atoms with Crippen LogP contribution in [0, 0.1) is 0 Å². The van der Waals surface area contributed by atoms with Crippen molar-refractivity contribution in [2.24, 2.45) is 0 Å². The highest BCUT2D eigenvalue weighted by molar-refractivity contribution is 7.87. The van der Waals surface area contributed by atoms with Crippen molar-refractivity contribution >= 4 is 16.1 Å². The molecule has 1 rings (SSSR count). The van der Waals surface area contributed by atoms with Gasteiger partial charge in [-0.25, -0.2) is 4.79 Å². The van der Waals surface area contributed by atoms with Crippen LogP contribution in [0.5, 0.6) is 5.75 Å². The summed E-state index contributed by atoms with van der Waals surface area (Å²) < 4.78 is 127.